The number of nitrogens with two attached hydrogens (primary N) is 2. The zero-order valence-electron chi connectivity index (χ0n) is 17.4. The molecule has 1 saturated heterocycles. The molecule has 1 fully saturated rings. The average Bonchev–Trinajstić information content (AvgIpc) is 3.18. The number of nitrogens with zero attached hydrogens (tertiary/aromatic N) is 3. The van der Waals surface area contributed by atoms with Crippen LogP contribution in [-0.2, 0) is 15.8 Å². The van der Waals surface area contributed by atoms with Crippen LogP contribution in [0.15, 0.2) is 46.9 Å². The number of alkyl halides is 3. The molecular weight excluding hydrogens is 429 g/mol. The Hall–Kier alpha value is -3.41. The highest BCUT2D eigenvalue weighted by molar-refractivity contribution is 6.44. The van der Waals surface area contributed by atoms with Crippen LogP contribution < -0.4 is 21.5 Å². The average molecular weight is 454 g/mol. The number of primary amides is 2. The van der Waals surface area contributed by atoms with Gasteiger partial charge in [0.1, 0.15) is 17.6 Å². The molecule has 1 unspecified atom stereocenters. The first-order chi connectivity index (χ1) is 15.0. The number of rotatable bonds is 8. The first-order valence-corrected chi connectivity index (χ1v) is 9.68. The Bertz CT molecular complexity index is 899. The summed E-state index contributed by atoms with van der Waals surface area (Å²) in [4.78, 5) is 32.9. The van der Waals surface area contributed by atoms with Gasteiger partial charge in [0.05, 0.1) is 24.8 Å². The fourth-order valence-corrected chi connectivity index (χ4v) is 2.79. The number of amides is 2. The van der Waals surface area contributed by atoms with Crippen LogP contribution in [0.3, 0.4) is 0 Å². The van der Waals surface area contributed by atoms with E-state index >= 15 is 0 Å². The summed E-state index contributed by atoms with van der Waals surface area (Å²) in [6.45, 7) is 5.85. The maximum atomic E-state index is 12.7. The van der Waals surface area contributed by atoms with Gasteiger partial charge in [-0.1, -0.05) is 6.58 Å². The van der Waals surface area contributed by atoms with Crippen molar-refractivity contribution in [1.29, 1.82) is 0 Å². The van der Waals surface area contributed by atoms with Crippen molar-refractivity contribution in [1.82, 2.24) is 10.2 Å². The molecule has 9 nitrogen and oxygen atoms in total. The van der Waals surface area contributed by atoms with Gasteiger partial charge in [-0.15, -0.1) is 0 Å². The summed E-state index contributed by atoms with van der Waals surface area (Å²) in [5.74, 6) is -0.877. The minimum Gasteiger partial charge on any atom is -0.489 e. The lowest BCUT2D eigenvalue weighted by Crippen LogP contribution is -2.39. The van der Waals surface area contributed by atoms with E-state index < -0.39 is 29.6 Å². The number of carbonyl (C=O) groups is 2. The Balaban J connectivity index is 2.11. The number of carbonyl (C=O) groups excluding carboxylic acids is 2. The molecule has 12 heteroatoms. The highest BCUT2D eigenvalue weighted by Gasteiger charge is 2.31. The van der Waals surface area contributed by atoms with Gasteiger partial charge < -0.3 is 21.1 Å². The lowest BCUT2D eigenvalue weighted by molar-refractivity contribution is -0.137. The zero-order chi connectivity index (χ0) is 23.9. The molecule has 1 aromatic rings. The van der Waals surface area contributed by atoms with E-state index in [9.17, 15) is 22.8 Å². The number of hydrogen-bond acceptors (Lipinski definition) is 5. The van der Waals surface area contributed by atoms with Crippen LogP contribution >= 0.6 is 0 Å². The normalized spacial score (nSPS) is 18.4. The van der Waals surface area contributed by atoms with Gasteiger partial charge in [0.2, 0.25) is 11.9 Å². The molecule has 1 aliphatic rings. The van der Waals surface area contributed by atoms with Gasteiger partial charge in [0.25, 0.3) is 5.91 Å². The van der Waals surface area contributed by atoms with E-state index in [1.54, 1.807) is 11.8 Å². The number of aliphatic imine (C=N–C) groups is 2. The second kappa shape index (κ2) is 10.8. The van der Waals surface area contributed by atoms with Gasteiger partial charge >= 0.3 is 6.18 Å². The minimum atomic E-state index is -4.42. The van der Waals surface area contributed by atoms with Gasteiger partial charge in [0.15, 0.2) is 0 Å². The Morgan fingerprint density at radius 2 is 2.00 bits per heavy atom. The highest BCUT2D eigenvalue weighted by atomic mass is 19.4. The van der Waals surface area contributed by atoms with Gasteiger partial charge in [-0.3, -0.25) is 14.9 Å². The van der Waals surface area contributed by atoms with Crippen LogP contribution in [0.2, 0.25) is 0 Å². The van der Waals surface area contributed by atoms with Crippen LogP contribution in [0.5, 0.6) is 5.75 Å². The third-order valence-electron chi connectivity index (χ3n) is 4.62. The van der Waals surface area contributed by atoms with Gasteiger partial charge in [-0.25, -0.2) is 9.98 Å². The lowest BCUT2D eigenvalue weighted by atomic mass is 10.2. The first kappa shape index (κ1) is 24.9. The summed E-state index contributed by atoms with van der Waals surface area (Å²) >= 11 is 0. The zero-order valence-corrected chi connectivity index (χ0v) is 17.4. The topological polar surface area (TPSA) is 135 Å². The van der Waals surface area contributed by atoms with Crippen molar-refractivity contribution in [3.63, 3.8) is 0 Å². The van der Waals surface area contributed by atoms with Crippen LogP contribution in [0.4, 0.5) is 13.2 Å². The molecule has 0 bridgehead atoms. The van der Waals surface area contributed by atoms with Gasteiger partial charge in [-0.05, 0) is 37.3 Å². The van der Waals surface area contributed by atoms with Crippen molar-refractivity contribution in [2.45, 2.75) is 31.7 Å². The number of halogens is 3. The molecule has 0 radical (unpaired) electrons. The molecular formula is C20H25F3N6O3. The first-order valence-electron chi connectivity index (χ1n) is 9.68. The van der Waals surface area contributed by atoms with Gasteiger partial charge in [-0.2, -0.15) is 13.2 Å². The molecule has 1 heterocycles. The van der Waals surface area contributed by atoms with E-state index in [0.29, 0.717) is 25.3 Å². The monoisotopic (exact) mass is 454 g/mol. The maximum absolute atomic E-state index is 12.7. The van der Waals surface area contributed by atoms with E-state index in [4.69, 9.17) is 16.2 Å². The molecule has 2 amide bonds. The number of likely N-dealkylation sites (tertiary alicyclic amines) is 1. The van der Waals surface area contributed by atoms with Crippen LogP contribution in [0.25, 0.3) is 0 Å². The Morgan fingerprint density at radius 3 is 2.53 bits per heavy atom. The van der Waals surface area contributed by atoms with Crippen LogP contribution in [0.1, 0.15) is 18.9 Å². The smallest absolute Gasteiger partial charge is 0.416 e. The standard InChI is InChI=1S/C20H25F3N6O3/c1-3-16(18(25)31)28-19(27-11-26-12(2)17(24)30)29-9-8-15(10-29)32-14-6-4-13(5-7-14)20(21,22)23/h3-7,12,15,26H,1,8-11H2,2H3,(H2,24,30)(H2,25,31)/b27-19+,28-16+/t12?,15-/m0/s1. The lowest BCUT2D eigenvalue weighted by Gasteiger charge is -2.19. The van der Waals surface area contributed by atoms with E-state index in [-0.39, 0.29) is 24.4 Å². The highest BCUT2D eigenvalue weighted by Crippen LogP contribution is 2.30. The van der Waals surface area contributed by atoms with Crippen LogP contribution in [0, 0.1) is 0 Å². The second-order valence-electron chi connectivity index (χ2n) is 7.01. The Kier molecular flexibility index (Phi) is 8.35. The van der Waals surface area contributed by atoms with E-state index in [0.717, 1.165) is 12.1 Å². The number of hydrogen-bond donors (Lipinski definition) is 3. The second-order valence-corrected chi connectivity index (χ2v) is 7.01. The molecule has 1 aliphatic heterocycles. The summed E-state index contributed by atoms with van der Waals surface area (Å²) in [5.41, 5.74) is 9.63. The Morgan fingerprint density at radius 1 is 1.34 bits per heavy atom. The molecule has 2 rings (SSSR count). The van der Waals surface area contributed by atoms with Crippen LogP contribution in [-0.4, -0.2) is 60.3 Å². The molecule has 1 aromatic carbocycles. The van der Waals surface area contributed by atoms with Crippen molar-refractivity contribution in [3.05, 3.63) is 42.5 Å². The number of nitrogens with one attached hydrogen (secondary N) is 1. The van der Waals surface area contributed by atoms with Crippen molar-refractivity contribution in [3.8, 4) is 5.75 Å². The molecule has 5 N–H and O–H groups in total. The van der Waals surface area contributed by atoms with Crippen molar-refractivity contribution < 1.29 is 27.5 Å². The Labute approximate surface area is 183 Å². The van der Waals surface area contributed by atoms with Crippen molar-refractivity contribution in [2.75, 3.05) is 19.8 Å². The van der Waals surface area contributed by atoms with E-state index in [2.05, 4.69) is 21.9 Å². The molecule has 0 aliphatic carbocycles. The molecule has 0 saturated carbocycles. The van der Waals surface area contributed by atoms with E-state index in [1.807, 2.05) is 0 Å². The number of benzene rings is 1. The van der Waals surface area contributed by atoms with E-state index in [1.165, 1.54) is 18.2 Å². The fraction of sp³-hybridized carbons (Fsp3) is 0.400. The third-order valence-corrected chi connectivity index (χ3v) is 4.62. The predicted octanol–water partition coefficient (Wildman–Crippen LogP) is 1.05. The summed E-state index contributed by atoms with van der Waals surface area (Å²) in [7, 11) is 0. The molecule has 0 spiro atoms. The predicted molar refractivity (Wildman–Crippen MR) is 113 cm³/mol. The van der Waals surface area contributed by atoms with Crippen molar-refractivity contribution in [2.24, 2.45) is 21.5 Å². The molecule has 32 heavy (non-hydrogen) atoms. The molecule has 174 valence electrons. The summed E-state index contributed by atoms with van der Waals surface area (Å²) in [6, 6.07) is 3.79. The maximum Gasteiger partial charge on any atom is 0.416 e. The minimum absolute atomic E-state index is 0.00689. The quantitative estimate of drug-likeness (QED) is 0.399. The SMILES string of the molecule is C=C/C(=N\C(=N/CNC(C)C(N)=O)N1CC[C@H](Oc2ccc(C(F)(F)F)cc2)C1)C(N)=O. The third kappa shape index (κ3) is 7.08. The van der Waals surface area contributed by atoms with Crippen molar-refractivity contribution >= 4 is 23.5 Å². The summed E-state index contributed by atoms with van der Waals surface area (Å²) in [5, 5.41) is 2.80. The summed E-state index contributed by atoms with van der Waals surface area (Å²) < 4.78 is 43.9. The number of ether oxygens (including phenoxy) is 1. The largest absolute Gasteiger partial charge is 0.489 e. The fourth-order valence-electron chi connectivity index (χ4n) is 2.79. The summed E-state index contributed by atoms with van der Waals surface area (Å²) in [6.07, 6.45) is -3.02. The molecule has 2 atom stereocenters. The van der Waals surface area contributed by atoms with Gasteiger partial charge in [0, 0.05) is 13.0 Å². The molecule has 0 aromatic heterocycles. The number of guanidine groups is 1.